The van der Waals surface area contributed by atoms with Gasteiger partial charge in [-0.2, -0.15) is 0 Å². The summed E-state index contributed by atoms with van der Waals surface area (Å²) in [5.74, 6) is 0.591. The van der Waals surface area contributed by atoms with Gasteiger partial charge in [0.15, 0.2) is 0 Å². The van der Waals surface area contributed by atoms with E-state index in [4.69, 9.17) is 11.6 Å². The number of fused-ring (bicyclic) bond motifs is 1. The number of hydrogen-bond acceptors (Lipinski definition) is 2. The Morgan fingerprint density at radius 3 is 2.74 bits per heavy atom. The zero-order valence-corrected chi connectivity index (χ0v) is 11.8. The molecule has 2 unspecified atom stereocenters. The molecule has 0 spiro atoms. The van der Waals surface area contributed by atoms with Gasteiger partial charge in [-0.25, -0.2) is 4.98 Å². The fourth-order valence-corrected chi connectivity index (χ4v) is 2.02. The molecule has 1 amide bonds. The summed E-state index contributed by atoms with van der Waals surface area (Å²) < 4.78 is 0. The van der Waals surface area contributed by atoms with Crippen molar-refractivity contribution in [2.45, 2.75) is 19.9 Å². The molecule has 0 bridgehead atoms. The van der Waals surface area contributed by atoms with Crippen LogP contribution < -0.4 is 5.32 Å². The minimum atomic E-state index is -0.157. The Bertz CT molecular complexity index is 585. The number of amides is 1. The molecule has 4 heteroatoms. The smallest absolute Gasteiger partial charge is 0.270 e. The predicted octanol–water partition coefficient (Wildman–Crippen LogP) is 3.23. The summed E-state index contributed by atoms with van der Waals surface area (Å²) in [4.78, 5) is 16.5. The van der Waals surface area contributed by atoms with Gasteiger partial charge in [-0.1, -0.05) is 31.2 Å². The fraction of sp³-hybridized carbons (Fsp3) is 0.333. The summed E-state index contributed by atoms with van der Waals surface area (Å²) in [5.41, 5.74) is 1.26. The van der Waals surface area contributed by atoms with E-state index in [-0.39, 0.29) is 17.9 Å². The van der Waals surface area contributed by atoms with Crippen molar-refractivity contribution < 1.29 is 4.79 Å². The monoisotopic (exact) mass is 276 g/mol. The summed E-state index contributed by atoms with van der Waals surface area (Å²) in [6, 6.07) is 11.4. The predicted molar refractivity (Wildman–Crippen MR) is 78.6 cm³/mol. The van der Waals surface area contributed by atoms with Crippen molar-refractivity contribution in [3.63, 3.8) is 0 Å². The molecule has 1 heterocycles. The van der Waals surface area contributed by atoms with E-state index in [0.717, 1.165) is 10.9 Å². The highest BCUT2D eigenvalue weighted by molar-refractivity contribution is 6.18. The van der Waals surface area contributed by atoms with Crippen LogP contribution in [0.25, 0.3) is 10.9 Å². The van der Waals surface area contributed by atoms with Crippen LogP contribution >= 0.6 is 11.6 Å². The van der Waals surface area contributed by atoms with Crippen LogP contribution in [0, 0.1) is 5.92 Å². The SMILES string of the molecule is CC(CCl)C(C)NC(=O)c1ccc2ccccc2n1. The van der Waals surface area contributed by atoms with Crippen LogP contribution in [-0.2, 0) is 0 Å². The third kappa shape index (κ3) is 3.24. The van der Waals surface area contributed by atoms with Gasteiger partial charge in [0.2, 0.25) is 0 Å². The van der Waals surface area contributed by atoms with Crippen molar-refractivity contribution in [2.24, 2.45) is 5.92 Å². The summed E-state index contributed by atoms with van der Waals surface area (Å²) in [6.07, 6.45) is 0. The molecule has 1 aromatic carbocycles. The Labute approximate surface area is 118 Å². The van der Waals surface area contributed by atoms with Crippen molar-refractivity contribution in [1.82, 2.24) is 10.3 Å². The molecule has 0 aliphatic rings. The molecule has 19 heavy (non-hydrogen) atoms. The van der Waals surface area contributed by atoms with E-state index in [1.54, 1.807) is 6.07 Å². The maximum atomic E-state index is 12.1. The number of rotatable bonds is 4. The van der Waals surface area contributed by atoms with Gasteiger partial charge in [0.05, 0.1) is 5.52 Å². The number of nitrogens with zero attached hydrogens (tertiary/aromatic N) is 1. The van der Waals surface area contributed by atoms with Crippen LogP contribution in [0.5, 0.6) is 0 Å². The first-order valence-corrected chi connectivity index (χ1v) is 6.88. The standard InChI is InChI=1S/C15H17ClN2O/c1-10(9-16)11(2)17-15(19)14-8-7-12-5-3-4-6-13(12)18-14/h3-8,10-11H,9H2,1-2H3,(H,17,19). The summed E-state index contributed by atoms with van der Waals surface area (Å²) in [7, 11) is 0. The fourth-order valence-electron chi connectivity index (χ4n) is 1.75. The van der Waals surface area contributed by atoms with Crippen LogP contribution in [0.3, 0.4) is 0 Å². The lowest BCUT2D eigenvalue weighted by molar-refractivity contribution is 0.0926. The molecule has 2 aromatic rings. The van der Waals surface area contributed by atoms with Crippen LogP contribution in [0.2, 0.25) is 0 Å². The third-order valence-electron chi connectivity index (χ3n) is 3.29. The summed E-state index contributed by atoms with van der Waals surface area (Å²) >= 11 is 5.79. The van der Waals surface area contributed by atoms with Gasteiger partial charge in [0.25, 0.3) is 5.91 Å². The molecule has 0 aliphatic carbocycles. The molecule has 1 aromatic heterocycles. The number of pyridine rings is 1. The van der Waals surface area contributed by atoms with Crippen LogP contribution in [0.15, 0.2) is 36.4 Å². The second-order valence-corrected chi connectivity index (χ2v) is 5.09. The molecule has 0 saturated heterocycles. The van der Waals surface area contributed by atoms with Crippen molar-refractivity contribution in [2.75, 3.05) is 5.88 Å². The van der Waals surface area contributed by atoms with E-state index < -0.39 is 0 Å². The highest BCUT2D eigenvalue weighted by Gasteiger charge is 2.15. The Balaban J connectivity index is 2.17. The van der Waals surface area contributed by atoms with E-state index in [1.807, 2.05) is 44.2 Å². The first-order valence-electron chi connectivity index (χ1n) is 6.34. The Kier molecular flexibility index (Phi) is 4.38. The number of aromatic nitrogens is 1. The summed E-state index contributed by atoms with van der Waals surface area (Å²) in [5, 5.41) is 3.95. The quantitative estimate of drug-likeness (QED) is 0.871. The van der Waals surface area contributed by atoms with E-state index in [0.29, 0.717) is 11.6 Å². The van der Waals surface area contributed by atoms with Gasteiger partial charge < -0.3 is 5.32 Å². The van der Waals surface area contributed by atoms with Crippen LogP contribution in [-0.4, -0.2) is 22.8 Å². The second kappa shape index (κ2) is 6.02. The Hall–Kier alpha value is -1.61. The number of nitrogens with one attached hydrogen (secondary N) is 1. The Morgan fingerprint density at radius 2 is 2.00 bits per heavy atom. The zero-order chi connectivity index (χ0) is 13.8. The molecule has 1 N–H and O–H groups in total. The first kappa shape index (κ1) is 13.8. The van der Waals surface area contributed by atoms with Gasteiger partial charge in [-0.05, 0) is 25.0 Å². The average Bonchev–Trinajstić information content (AvgIpc) is 2.45. The van der Waals surface area contributed by atoms with Gasteiger partial charge in [0, 0.05) is 17.3 Å². The minimum Gasteiger partial charge on any atom is -0.348 e. The molecular formula is C15H17ClN2O. The van der Waals surface area contributed by atoms with Gasteiger partial charge in [0.1, 0.15) is 5.69 Å². The molecule has 0 saturated carbocycles. The largest absolute Gasteiger partial charge is 0.348 e. The molecule has 0 aliphatic heterocycles. The lowest BCUT2D eigenvalue weighted by Crippen LogP contribution is -2.38. The highest BCUT2D eigenvalue weighted by Crippen LogP contribution is 2.12. The lowest BCUT2D eigenvalue weighted by Gasteiger charge is -2.18. The van der Waals surface area contributed by atoms with Gasteiger partial charge >= 0.3 is 0 Å². The second-order valence-electron chi connectivity index (χ2n) is 4.78. The molecule has 3 nitrogen and oxygen atoms in total. The van der Waals surface area contributed by atoms with E-state index in [2.05, 4.69) is 10.3 Å². The number of halogens is 1. The van der Waals surface area contributed by atoms with Crippen molar-refractivity contribution in [1.29, 1.82) is 0 Å². The first-order chi connectivity index (χ1) is 9.11. The molecule has 100 valence electrons. The van der Waals surface area contributed by atoms with Crippen molar-refractivity contribution in [3.05, 3.63) is 42.1 Å². The maximum Gasteiger partial charge on any atom is 0.270 e. The number of para-hydroxylation sites is 1. The maximum absolute atomic E-state index is 12.1. The van der Waals surface area contributed by atoms with Gasteiger partial charge in [-0.15, -0.1) is 11.6 Å². The van der Waals surface area contributed by atoms with Crippen LogP contribution in [0.1, 0.15) is 24.3 Å². The normalized spacial score (nSPS) is 14.1. The molecule has 2 atom stereocenters. The summed E-state index contributed by atoms with van der Waals surface area (Å²) in [6.45, 7) is 3.96. The minimum absolute atomic E-state index is 0.0262. The molecule has 2 rings (SSSR count). The number of hydrogen-bond donors (Lipinski definition) is 1. The van der Waals surface area contributed by atoms with Crippen molar-refractivity contribution in [3.8, 4) is 0 Å². The lowest BCUT2D eigenvalue weighted by atomic mass is 10.1. The van der Waals surface area contributed by atoms with Crippen molar-refractivity contribution >= 4 is 28.4 Å². The van der Waals surface area contributed by atoms with E-state index in [9.17, 15) is 4.79 Å². The average molecular weight is 277 g/mol. The Morgan fingerprint density at radius 1 is 1.26 bits per heavy atom. The highest BCUT2D eigenvalue weighted by atomic mass is 35.5. The number of benzene rings is 1. The molecule has 0 radical (unpaired) electrons. The number of carbonyl (C=O) groups excluding carboxylic acids is 1. The topological polar surface area (TPSA) is 42.0 Å². The van der Waals surface area contributed by atoms with Gasteiger partial charge in [-0.3, -0.25) is 4.79 Å². The third-order valence-corrected chi connectivity index (χ3v) is 3.77. The van der Waals surface area contributed by atoms with E-state index in [1.165, 1.54) is 0 Å². The molecular weight excluding hydrogens is 260 g/mol. The molecule has 0 fully saturated rings. The number of carbonyl (C=O) groups is 1. The van der Waals surface area contributed by atoms with Crippen LogP contribution in [0.4, 0.5) is 0 Å². The number of alkyl halides is 1. The van der Waals surface area contributed by atoms with E-state index >= 15 is 0 Å². The zero-order valence-electron chi connectivity index (χ0n) is 11.1.